The van der Waals surface area contributed by atoms with Crippen molar-refractivity contribution >= 4 is 24.8 Å². The van der Waals surface area contributed by atoms with Crippen molar-refractivity contribution in [1.29, 1.82) is 0 Å². The number of nitrogens with two attached hydrogens (primary N) is 1. The zero-order valence-corrected chi connectivity index (χ0v) is 15.6. The lowest BCUT2D eigenvalue weighted by molar-refractivity contribution is -0.0221. The van der Waals surface area contributed by atoms with E-state index in [1.165, 1.54) is 6.33 Å². The van der Waals surface area contributed by atoms with Gasteiger partial charge in [0.2, 0.25) is 0 Å². The molecule has 2 fully saturated rings. The van der Waals surface area contributed by atoms with Gasteiger partial charge < -0.3 is 15.0 Å². The van der Waals surface area contributed by atoms with Crippen LogP contribution in [0.5, 0.6) is 5.75 Å². The van der Waals surface area contributed by atoms with Gasteiger partial charge in [-0.2, -0.15) is 0 Å². The monoisotopic (exact) mass is 403 g/mol. The molecule has 11 heteroatoms. The molecule has 4 atom stereocenters. The summed E-state index contributed by atoms with van der Waals surface area (Å²) >= 11 is 0. The van der Waals surface area contributed by atoms with Crippen LogP contribution in [0.3, 0.4) is 0 Å². The Bertz CT molecular complexity index is 1020. The average molecular weight is 403 g/mol. The molecule has 0 radical (unpaired) electrons. The molecule has 28 heavy (non-hydrogen) atoms. The second-order valence-corrected chi connectivity index (χ2v) is 8.24. The molecule has 3 unspecified atom stereocenters. The predicted molar refractivity (Wildman–Crippen MR) is 98.3 cm³/mol. The molecule has 2 aromatic heterocycles. The van der Waals surface area contributed by atoms with Gasteiger partial charge in [0, 0.05) is 12.3 Å². The summed E-state index contributed by atoms with van der Waals surface area (Å²) in [6, 6.07) is 8.81. The topological polar surface area (TPSA) is 124 Å². The molecule has 0 bridgehead atoms. The molecule has 2 aliphatic rings. The highest BCUT2D eigenvalue weighted by Crippen LogP contribution is 2.53. The second kappa shape index (κ2) is 6.82. The lowest BCUT2D eigenvalue weighted by atomic mass is 10.0. The first-order valence-electron chi connectivity index (χ1n) is 8.83. The summed E-state index contributed by atoms with van der Waals surface area (Å²) in [5.74, 6) is 0.748. The van der Waals surface area contributed by atoms with E-state index in [0.29, 0.717) is 29.2 Å². The van der Waals surface area contributed by atoms with Crippen molar-refractivity contribution in [3.8, 4) is 5.75 Å². The van der Waals surface area contributed by atoms with E-state index in [2.05, 4.69) is 15.0 Å². The average Bonchev–Trinajstić information content (AvgIpc) is 3.27. The van der Waals surface area contributed by atoms with Crippen molar-refractivity contribution in [2.24, 2.45) is 5.92 Å². The van der Waals surface area contributed by atoms with Crippen molar-refractivity contribution in [3.05, 3.63) is 43.0 Å². The summed E-state index contributed by atoms with van der Waals surface area (Å²) in [4.78, 5) is 12.5. The summed E-state index contributed by atoms with van der Waals surface area (Å²) in [6.07, 6.45) is 3.09. The van der Waals surface area contributed by atoms with Crippen LogP contribution in [0.2, 0.25) is 0 Å². The molecule has 10 nitrogen and oxygen atoms in total. The summed E-state index contributed by atoms with van der Waals surface area (Å²) in [6.45, 7) is 0.310. The van der Waals surface area contributed by atoms with E-state index in [1.54, 1.807) is 30.6 Å². The van der Waals surface area contributed by atoms with Crippen LogP contribution in [0, 0.1) is 5.92 Å². The van der Waals surface area contributed by atoms with Gasteiger partial charge in [0.25, 0.3) is 0 Å². The molecule has 0 amide bonds. The number of phosphoric acid groups is 1. The highest BCUT2D eigenvalue weighted by molar-refractivity contribution is 7.48. The minimum absolute atomic E-state index is 0.00293. The Morgan fingerprint density at radius 1 is 1.14 bits per heavy atom. The zero-order valence-electron chi connectivity index (χ0n) is 14.7. The number of hydrogen-bond donors (Lipinski definition) is 1. The first kappa shape index (κ1) is 17.6. The standard InChI is InChI=1S/C17H18N5O5P/c18-16-15-17(20-9-19-16)22(10-21-15)14-6-11-7-24-28(23,25-8-13(11)26-14)27-12-4-2-1-3-5-12/h1-5,9-11,13-14H,6-8H2,(H2,18,19,20)/t11?,13?,14-,28?/m1/s1. The third-order valence-electron chi connectivity index (χ3n) is 4.86. The number of rotatable bonds is 3. The summed E-state index contributed by atoms with van der Waals surface area (Å²) in [5, 5.41) is 0. The van der Waals surface area contributed by atoms with Crippen LogP contribution < -0.4 is 10.3 Å². The predicted octanol–water partition coefficient (Wildman–Crippen LogP) is 2.55. The highest BCUT2D eigenvalue weighted by Gasteiger charge is 2.44. The maximum atomic E-state index is 12.8. The van der Waals surface area contributed by atoms with Crippen molar-refractivity contribution < 1.29 is 22.9 Å². The fourth-order valence-electron chi connectivity index (χ4n) is 3.44. The van der Waals surface area contributed by atoms with Gasteiger partial charge in [-0.25, -0.2) is 19.5 Å². The SMILES string of the molecule is Nc1ncnc2c1ncn2[C@H]1CC2COP(=O)(Oc3ccccc3)OCC2O1. The number of fused-ring (bicyclic) bond motifs is 2. The van der Waals surface area contributed by atoms with Gasteiger partial charge in [-0.1, -0.05) is 18.2 Å². The quantitative estimate of drug-likeness (QED) is 0.657. The van der Waals surface area contributed by atoms with Crippen LogP contribution >= 0.6 is 7.82 Å². The maximum absolute atomic E-state index is 12.8. The number of aromatic nitrogens is 4. The molecule has 1 aromatic carbocycles. The summed E-state index contributed by atoms with van der Waals surface area (Å²) < 4.78 is 37.3. The van der Waals surface area contributed by atoms with Crippen molar-refractivity contribution in [3.63, 3.8) is 0 Å². The molecule has 146 valence electrons. The van der Waals surface area contributed by atoms with Gasteiger partial charge in [0.15, 0.2) is 11.5 Å². The number of ether oxygens (including phenoxy) is 1. The second-order valence-electron chi connectivity index (χ2n) is 6.65. The van der Waals surface area contributed by atoms with Crippen molar-refractivity contribution in [2.75, 3.05) is 18.9 Å². The van der Waals surface area contributed by atoms with Gasteiger partial charge in [-0.15, -0.1) is 0 Å². The Kier molecular flexibility index (Phi) is 4.28. The normalized spacial score (nSPS) is 30.1. The number of nitrogens with zero attached hydrogens (tertiary/aromatic N) is 4. The Morgan fingerprint density at radius 2 is 1.96 bits per heavy atom. The van der Waals surface area contributed by atoms with Crippen LogP contribution in [-0.2, 0) is 18.3 Å². The third kappa shape index (κ3) is 3.14. The lowest BCUT2D eigenvalue weighted by Gasteiger charge is -2.18. The van der Waals surface area contributed by atoms with E-state index in [-0.39, 0.29) is 31.5 Å². The van der Waals surface area contributed by atoms with Crippen LogP contribution in [0.15, 0.2) is 43.0 Å². The molecule has 2 saturated heterocycles. The number of phosphoric ester groups is 1. The van der Waals surface area contributed by atoms with Crippen molar-refractivity contribution in [2.45, 2.75) is 18.8 Å². The molecule has 4 heterocycles. The number of para-hydroxylation sites is 1. The van der Waals surface area contributed by atoms with Gasteiger partial charge >= 0.3 is 7.82 Å². The number of anilines is 1. The molecule has 2 aliphatic heterocycles. The number of benzene rings is 1. The minimum Gasteiger partial charge on any atom is -0.404 e. The molecule has 5 rings (SSSR count). The Morgan fingerprint density at radius 3 is 2.82 bits per heavy atom. The number of nitrogen functional groups attached to an aromatic ring is 1. The van der Waals surface area contributed by atoms with Crippen LogP contribution in [0.1, 0.15) is 12.6 Å². The number of imidazole rings is 1. The maximum Gasteiger partial charge on any atom is 0.530 e. The molecular weight excluding hydrogens is 385 g/mol. The van der Waals surface area contributed by atoms with Gasteiger partial charge in [0.05, 0.1) is 25.6 Å². The van der Waals surface area contributed by atoms with Crippen molar-refractivity contribution in [1.82, 2.24) is 19.5 Å². The molecule has 0 aliphatic carbocycles. The van der Waals surface area contributed by atoms with E-state index in [4.69, 9.17) is 24.0 Å². The zero-order chi connectivity index (χ0) is 19.1. The van der Waals surface area contributed by atoms with Gasteiger partial charge in [0.1, 0.15) is 23.8 Å². The first-order chi connectivity index (χ1) is 13.6. The fraction of sp³-hybridized carbons (Fsp3) is 0.353. The number of hydrogen-bond acceptors (Lipinski definition) is 9. The van der Waals surface area contributed by atoms with Crippen LogP contribution in [0.25, 0.3) is 11.2 Å². The highest BCUT2D eigenvalue weighted by atomic mass is 31.2. The van der Waals surface area contributed by atoms with Gasteiger partial charge in [-0.05, 0) is 12.1 Å². The van der Waals surface area contributed by atoms with E-state index in [1.807, 2.05) is 10.6 Å². The fourth-order valence-corrected chi connectivity index (χ4v) is 4.71. The Balaban J connectivity index is 1.31. The van der Waals surface area contributed by atoms with E-state index in [0.717, 1.165) is 0 Å². The molecule has 2 N–H and O–H groups in total. The molecule has 3 aromatic rings. The minimum atomic E-state index is -3.69. The molecule has 0 spiro atoms. The summed E-state index contributed by atoms with van der Waals surface area (Å²) in [7, 11) is -3.69. The first-order valence-corrected chi connectivity index (χ1v) is 10.3. The van der Waals surface area contributed by atoms with Gasteiger partial charge in [-0.3, -0.25) is 13.6 Å². The van der Waals surface area contributed by atoms with Crippen LogP contribution in [0.4, 0.5) is 5.82 Å². The Labute approximate surface area is 160 Å². The Hall–Kier alpha value is -2.52. The largest absolute Gasteiger partial charge is 0.530 e. The van der Waals surface area contributed by atoms with Crippen LogP contribution in [-0.4, -0.2) is 38.8 Å². The molecular formula is C17H18N5O5P. The third-order valence-corrected chi connectivity index (χ3v) is 6.23. The van der Waals surface area contributed by atoms with E-state index < -0.39 is 7.82 Å². The van der Waals surface area contributed by atoms with E-state index >= 15 is 0 Å². The summed E-state index contributed by atoms with van der Waals surface area (Å²) in [5.41, 5.74) is 6.99. The smallest absolute Gasteiger partial charge is 0.404 e. The lowest BCUT2D eigenvalue weighted by Crippen LogP contribution is -2.21. The van der Waals surface area contributed by atoms with E-state index in [9.17, 15) is 4.57 Å². The molecule has 0 saturated carbocycles.